The zero-order valence-electron chi connectivity index (χ0n) is 26.6. The molecule has 0 bridgehead atoms. The molecule has 1 heterocycles. The first kappa shape index (κ1) is 37.6. The second kappa shape index (κ2) is 17.6. The summed E-state index contributed by atoms with van der Waals surface area (Å²) in [5.41, 5.74) is 6.30. The smallest absolute Gasteiger partial charge is 0.404 e. The van der Waals surface area contributed by atoms with Gasteiger partial charge in [-0.1, -0.05) is 90.2 Å². The Hall–Kier alpha value is -2.46. The van der Waals surface area contributed by atoms with E-state index in [-0.39, 0.29) is 41.9 Å². The number of ether oxygens (including phenoxy) is 2. The van der Waals surface area contributed by atoms with Crippen LogP contribution in [0.4, 0.5) is 4.79 Å². The second-order valence-electron chi connectivity index (χ2n) is 12.4. The Balaban J connectivity index is 2.76. The maximum absolute atomic E-state index is 12.0. The molecule has 0 radical (unpaired) electrons. The monoisotopic (exact) mass is 593 g/mol. The molecule has 42 heavy (non-hydrogen) atoms. The van der Waals surface area contributed by atoms with Gasteiger partial charge in [0.15, 0.2) is 0 Å². The fraction of sp³-hybridized carbons (Fsp3) is 0.697. The predicted octanol–water partition coefficient (Wildman–Crippen LogP) is 4.30. The number of aliphatic hydroxyl groups excluding tert-OH is 4. The highest BCUT2D eigenvalue weighted by atomic mass is 16.6. The number of amides is 1. The number of hydrogen-bond acceptors (Lipinski definition) is 8. The Labute approximate surface area is 252 Å². The second-order valence-corrected chi connectivity index (χ2v) is 12.4. The molecule has 1 aliphatic heterocycles. The molecule has 13 atom stereocenters. The minimum Gasteiger partial charge on any atom is -0.462 e. The molecule has 0 spiro atoms. The molecule has 1 amide bonds. The van der Waals surface area contributed by atoms with Gasteiger partial charge < -0.3 is 35.6 Å². The number of rotatable bonds is 16. The van der Waals surface area contributed by atoms with Crippen molar-refractivity contribution in [2.45, 2.75) is 105 Å². The molecule has 1 fully saturated rings. The minimum atomic E-state index is -0.894. The van der Waals surface area contributed by atoms with Crippen LogP contribution < -0.4 is 5.73 Å². The summed E-state index contributed by atoms with van der Waals surface area (Å²) >= 11 is 0. The number of cyclic esters (lactones) is 1. The van der Waals surface area contributed by atoms with Gasteiger partial charge in [-0.15, -0.1) is 0 Å². The van der Waals surface area contributed by atoms with Crippen molar-refractivity contribution in [3.05, 3.63) is 48.6 Å². The van der Waals surface area contributed by atoms with Gasteiger partial charge in [0.05, 0.1) is 30.3 Å². The van der Waals surface area contributed by atoms with Crippen LogP contribution >= 0.6 is 0 Å². The van der Waals surface area contributed by atoms with Crippen LogP contribution in [0.25, 0.3) is 0 Å². The SMILES string of the molecule is C=C/C=C\C(C)C(OC(N)=O)C(C)C(O)C(C)C/C(C)=C\[C@H](C)[C@@H](O)[C@@H](C)/C=C\C(O)C[C@@H]1OC(=O)C(C)C(O)C1C. The molecule has 0 saturated carbocycles. The van der Waals surface area contributed by atoms with E-state index < -0.39 is 54.6 Å². The first-order valence-electron chi connectivity index (χ1n) is 15.0. The third kappa shape index (κ3) is 11.3. The first-order valence-corrected chi connectivity index (χ1v) is 15.0. The van der Waals surface area contributed by atoms with Crippen LogP contribution in [0.15, 0.2) is 48.6 Å². The molecule has 1 saturated heterocycles. The van der Waals surface area contributed by atoms with Crippen molar-refractivity contribution in [2.24, 2.45) is 47.2 Å². The Morgan fingerprint density at radius 2 is 1.64 bits per heavy atom. The van der Waals surface area contributed by atoms with E-state index in [1.807, 2.05) is 53.7 Å². The standard InChI is InChI=1S/C33H55NO8/c1-10-11-12-20(4)31(42-33(34)40)24(8)29(37)22(6)16-18(2)15-21(5)28(36)19(3)13-14-26(35)17-27-23(7)30(38)25(9)32(39)41-27/h10-15,19-31,35-38H,1,16-17H2,2-9H3,(H2,34,40)/b12-11-,14-13-,18-15-/t19-,20?,21-,22?,23?,24?,25?,26?,27-,28-,29?,30?,31?/m0/s1. The average molecular weight is 594 g/mol. The molecule has 9 heteroatoms. The van der Waals surface area contributed by atoms with E-state index in [1.54, 1.807) is 38.2 Å². The molecule has 0 aromatic heterocycles. The van der Waals surface area contributed by atoms with Crippen molar-refractivity contribution in [1.82, 2.24) is 0 Å². The molecule has 240 valence electrons. The van der Waals surface area contributed by atoms with Gasteiger partial charge in [-0.25, -0.2) is 4.79 Å². The lowest BCUT2D eigenvalue weighted by atomic mass is 9.81. The molecule has 0 aromatic rings. The lowest BCUT2D eigenvalue weighted by Crippen LogP contribution is -2.47. The molecule has 0 aliphatic carbocycles. The van der Waals surface area contributed by atoms with Gasteiger partial charge in [0.1, 0.15) is 12.2 Å². The van der Waals surface area contributed by atoms with Crippen molar-refractivity contribution in [3.8, 4) is 0 Å². The van der Waals surface area contributed by atoms with Gasteiger partial charge in [0, 0.05) is 36.0 Å². The lowest BCUT2D eigenvalue weighted by molar-refractivity contribution is -0.179. The van der Waals surface area contributed by atoms with E-state index in [0.717, 1.165) is 5.57 Å². The van der Waals surface area contributed by atoms with Gasteiger partial charge in [0.25, 0.3) is 0 Å². The van der Waals surface area contributed by atoms with Gasteiger partial charge in [-0.3, -0.25) is 4.79 Å². The summed E-state index contributed by atoms with van der Waals surface area (Å²) in [6.07, 6.45) is 6.04. The summed E-state index contributed by atoms with van der Waals surface area (Å²) in [4.78, 5) is 23.5. The normalized spacial score (nSPS) is 28.3. The highest BCUT2D eigenvalue weighted by molar-refractivity contribution is 5.73. The molecule has 1 rings (SSSR count). The van der Waals surface area contributed by atoms with Crippen molar-refractivity contribution < 1.29 is 39.5 Å². The number of esters is 1. The number of allylic oxidation sites excluding steroid dienone is 3. The maximum atomic E-state index is 12.0. The van der Waals surface area contributed by atoms with E-state index in [9.17, 15) is 30.0 Å². The Morgan fingerprint density at radius 1 is 1.02 bits per heavy atom. The fourth-order valence-corrected chi connectivity index (χ4v) is 5.80. The van der Waals surface area contributed by atoms with Gasteiger partial charge in [0.2, 0.25) is 0 Å². The van der Waals surface area contributed by atoms with Gasteiger partial charge in [-0.2, -0.15) is 0 Å². The third-order valence-electron chi connectivity index (χ3n) is 8.62. The molecule has 1 aliphatic rings. The maximum Gasteiger partial charge on any atom is 0.404 e. The molecular weight excluding hydrogens is 538 g/mol. The summed E-state index contributed by atoms with van der Waals surface area (Å²) in [7, 11) is 0. The molecule has 0 aromatic carbocycles. The quantitative estimate of drug-likeness (QED) is 0.101. The highest BCUT2D eigenvalue weighted by Gasteiger charge is 2.41. The molecule has 6 N–H and O–H groups in total. The lowest BCUT2D eigenvalue weighted by Gasteiger charge is -2.36. The Kier molecular flexibility index (Phi) is 15.7. The van der Waals surface area contributed by atoms with Gasteiger partial charge in [-0.05, 0) is 26.2 Å². The third-order valence-corrected chi connectivity index (χ3v) is 8.62. The van der Waals surface area contributed by atoms with Crippen LogP contribution in [0, 0.1) is 41.4 Å². The minimum absolute atomic E-state index is 0.152. The van der Waals surface area contributed by atoms with Crippen LogP contribution in [-0.4, -0.2) is 69.1 Å². The van der Waals surface area contributed by atoms with Crippen LogP contribution in [0.3, 0.4) is 0 Å². The van der Waals surface area contributed by atoms with E-state index in [0.29, 0.717) is 6.42 Å². The summed E-state index contributed by atoms with van der Waals surface area (Å²) in [6, 6.07) is 0. The van der Waals surface area contributed by atoms with E-state index in [4.69, 9.17) is 15.2 Å². The van der Waals surface area contributed by atoms with Crippen LogP contribution in [0.2, 0.25) is 0 Å². The number of primary amides is 1. The summed E-state index contributed by atoms with van der Waals surface area (Å²) in [6.45, 7) is 18.5. The highest BCUT2D eigenvalue weighted by Crippen LogP contribution is 2.30. The molecule has 9 nitrogen and oxygen atoms in total. The predicted molar refractivity (Wildman–Crippen MR) is 164 cm³/mol. The Morgan fingerprint density at radius 3 is 2.21 bits per heavy atom. The number of aliphatic hydroxyl groups is 4. The summed E-state index contributed by atoms with van der Waals surface area (Å²) in [5.74, 6) is -2.52. The van der Waals surface area contributed by atoms with Gasteiger partial charge >= 0.3 is 12.1 Å². The molecule has 9 unspecified atom stereocenters. The average Bonchev–Trinajstić information content (AvgIpc) is 2.93. The molecular formula is C33H55NO8. The van der Waals surface area contributed by atoms with Crippen LogP contribution in [-0.2, 0) is 14.3 Å². The van der Waals surface area contributed by atoms with Crippen molar-refractivity contribution >= 4 is 12.1 Å². The van der Waals surface area contributed by atoms with E-state index >= 15 is 0 Å². The number of hydrogen-bond donors (Lipinski definition) is 5. The van der Waals surface area contributed by atoms with Crippen molar-refractivity contribution in [1.29, 1.82) is 0 Å². The summed E-state index contributed by atoms with van der Waals surface area (Å²) in [5, 5.41) is 42.8. The number of nitrogens with two attached hydrogens (primary N) is 1. The van der Waals surface area contributed by atoms with E-state index in [1.165, 1.54) is 0 Å². The van der Waals surface area contributed by atoms with Crippen LogP contribution in [0.1, 0.15) is 68.2 Å². The zero-order chi connectivity index (χ0) is 32.3. The largest absolute Gasteiger partial charge is 0.462 e. The zero-order valence-corrected chi connectivity index (χ0v) is 26.6. The number of carbonyl (C=O) groups is 2. The van der Waals surface area contributed by atoms with Crippen LogP contribution in [0.5, 0.6) is 0 Å². The first-order chi connectivity index (χ1) is 19.5. The summed E-state index contributed by atoms with van der Waals surface area (Å²) < 4.78 is 10.8. The topological polar surface area (TPSA) is 160 Å². The fourth-order valence-electron chi connectivity index (χ4n) is 5.80. The van der Waals surface area contributed by atoms with Crippen molar-refractivity contribution in [2.75, 3.05) is 0 Å². The van der Waals surface area contributed by atoms with Crippen molar-refractivity contribution in [3.63, 3.8) is 0 Å². The Bertz CT molecular complexity index is 962. The number of carbonyl (C=O) groups excluding carboxylic acids is 2. The van der Waals surface area contributed by atoms with E-state index in [2.05, 4.69) is 6.58 Å².